The van der Waals surface area contributed by atoms with E-state index < -0.39 is 6.03 Å². The van der Waals surface area contributed by atoms with Crippen molar-refractivity contribution in [3.8, 4) is 6.07 Å². The molecule has 4 heteroatoms. The summed E-state index contributed by atoms with van der Waals surface area (Å²) in [6.07, 6.45) is 0.344. The van der Waals surface area contributed by atoms with E-state index in [4.69, 9.17) is 11.0 Å². The highest BCUT2D eigenvalue weighted by atomic mass is 16.2. The van der Waals surface area contributed by atoms with Gasteiger partial charge in [0.25, 0.3) is 0 Å². The maximum atomic E-state index is 10.5. The van der Waals surface area contributed by atoms with Gasteiger partial charge in [-0.2, -0.15) is 5.26 Å². The van der Waals surface area contributed by atoms with Gasteiger partial charge in [0.05, 0.1) is 12.5 Å². The third-order valence-corrected chi connectivity index (χ3v) is 1.19. The fourth-order valence-corrected chi connectivity index (χ4v) is 0.609. The Labute approximate surface area is 60.2 Å². The fraction of sp³-hybridized carbons (Fsp3) is 0.667. The van der Waals surface area contributed by atoms with Gasteiger partial charge in [-0.15, -0.1) is 0 Å². The number of nitrogens with zero attached hydrogens (tertiary/aromatic N) is 2. The molecule has 0 aromatic carbocycles. The average Bonchev–Trinajstić information content (AvgIpc) is 1.89. The summed E-state index contributed by atoms with van der Waals surface area (Å²) < 4.78 is 0. The Kier molecular flexibility index (Phi) is 4.05. The van der Waals surface area contributed by atoms with Gasteiger partial charge >= 0.3 is 6.03 Å². The number of primary amides is 1. The summed E-state index contributed by atoms with van der Waals surface area (Å²) in [5.41, 5.74) is 4.97. The van der Waals surface area contributed by atoms with Crippen LogP contribution in [0.25, 0.3) is 0 Å². The van der Waals surface area contributed by atoms with Crippen molar-refractivity contribution in [2.24, 2.45) is 5.73 Å². The van der Waals surface area contributed by atoms with Crippen molar-refractivity contribution >= 4 is 6.03 Å². The number of hydrogen-bond donors (Lipinski definition) is 1. The number of amides is 2. The Bertz CT molecular complexity index is 150. The number of nitriles is 1. The van der Waals surface area contributed by atoms with Crippen LogP contribution in [0.2, 0.25) is 0 Å². The van der Waals surface area contributed by atoms with Gasteiger partial charge in [-0.25, -0.2) is 4.79 Å². The minimum Gasteiger partial charge on any atom is -0.351 e. The molecule has 2 N–H and O–H groups in total. The summed E-state index contributed by atoms with van der Waals surface area (Å²) in [5.74, 6) is 0. The number of carbonyl (C=O) groups excluding carboxylic acids is 1. The van der Waals surface area contributed by atoms with E-state index >= 15 is 0 Å². The van der Waals surface area contributed by atoms with Crippen LogP contribution in [0.3, 0.4) is 0 Å². The van der Waals surface area contributed by atoms with Gasteiger partial charge in [-0.05, 0) is 6.92 Å². The summed E-state index contributed by atoms with van der Waals surface area (Å²) in [4.78, 5) is 11.9. The molecule has 0 heterocycles. The zero-order valence-corrected chi connectivity index (χ0v) is 6.00. The first-order valence-corrected chi connectivity index (χ1v) is 3.13. The van der Waals surface area contributed by atoms with Crippen molar-refractivity contribution in [1.29, 1.82) is 5.26 Å². The second-order valence-corrected chi connectivity index (χ2v) is 1.83. The summed E-state index contributed by atoms with van der Waals surface area (Å²) in [6, 6.07) is 1.48. The van der Waals surface area contributed by atoms with Gasteiger partial charge in [0.2, 0.25) is 0 Å². The molecule has 0 spiro atoms. The number of urea groups is 1. The lowest BCUT2D eigenvalue weighted by Gasteiger charge is -2.15. The quantitative estimate of drug-likeness (QED) is 0.614. The summed E-state index contributed by atoms with van der Waals surface area (Å²) in [6.45, 7) is 2.82. The molecule has 0 radical (unpaired) electrons. The normalized spacial score (nSPS) is 8.40. The van der Waals surface area contributed by atoms with Crippen LogP contribution >= 0.6 is 0 Å². The molecule has 0 fully saturated rings. The van der Waals surface area contributed by atoms with Gasteiger partial charge < -0.3 is 10.6 Å². The Morgan fingerprint density at radius 1 is 1.80 bits per heavy atom. The van der Waals surface area contributed by atoms with E-state index in [-0.39, 0.29) is 0 Å². The van der Waals surface area contributed by atoms with Crippen LogP contribution in [0.5, 0.6) is 0 Å². The Hall–Kier alpha value is -1.24. The molecule has 0 aliphatic carbocycles. The molecule has 0 aromatic rings. The molecule has 0 bridgehead atoms. The molecule has 4 nitrogen and oxygen atoms in total. The molecule has 10 heavy (non-hydrogen) atoms. The molecule has 0 unspecified atom stereocenters. The molecule has 0 aliphatic rings. The third-order valence-electron chi connectivity index (χ3n) is 1.19. The van der Waals surface area contributed by atoms with E-state index in [0.29, 0.717) is 19.5 Å². The van der Waals surface area contributed by atoms with Crippen LogP contribution in [-0.2, 0) is 0 Å². The van der Waals surface area contributed by atoms with Crippen LogP contribution in [0.1, 0.15) is 13.3 Å². The van der Waals surface area contributed by atoms with Crippen molar-refractivity contribution < 1.29 is 4.79 Å². The lowest BCUT2D eigenvalue weighted by molar-refractivity contribution is 0.211. The van der Waals surface area contributed by atoms with E-state index in [1.165, 1.54) is 4.90 Å². The van der Waals surface area contributed by atoms with E-state index in [1.54, 1.807) is 0 Å². The maximum Gasteiger partial charge on any atom is 0.314 e. The SMILES string of the molecule is CCN(CCC#N)C(N)=O. The van der Waals surface area contributed by atoms with Gasteiger partial charge in [0.15, 0.2) is 0 Å². The smallest absolute Gasteiger partial charge is 0.314 e. The number of carbonyl (C=O) groups is 1. The predicted octanol–water partition coefficient (Wildman–Crippen LogP) is 0.301. The molecule has 0 atom stereocenters. The summed E-state index contributed by atoms with van der Waals surface area (Å²) >= 11 is 0. The maximum absolute atomic E-state index is 10.5. The van der Waals surface area contributed by atoms with E-state index in [2.05, 4.69) is 0 Å². The monoisotopic (exact) mass is 141 g/mol. The van der Waals surface area contributed by atoms with Crippen molar-refractivity contribution in [1.82, 2.24) is 4.90 Å². The predicted molar refractivity (Wildman–Crippen MR) is 37.1 cm³/mol. The van der Waals surface area contributed by atoms with Crippen LogP contribution in [0.15, 0.2) is 0 Å². The molecule has 0 aliphatic heterocycles. The largest absolute Gasteiger partial charge is 0.351 e. The van der Waals surface area contributed by atoms with Gasteiger partial charge in [0.1, 0.15) is 0 Å². The highest BCUT2D eigenvalue weighted by Gasteiger charge is 2.04. The molecular weight excluding hydrogens is 130 g/mol. The lowest BCUT2D eigenvalue weighted by Crippen LogP contribution is -2.36. The van der Waals surface area contributed by atoms with E-state index in [0.717, 1.165) is 0 Å². The first kappa shape index (κ1) is 8.76. The molecule has 0 aromatic heterocycles. The minimum absolute atomic E-state index is 0.344. The second-order valence-electron chi connectivity index (χ2n) is 1.83. The molecule has 0 saturated carbocycles. The molecule has 2 amide bonds. The van der Waals surface area contributed by atoms with Gasteiger partial charge in [-0.1, -0.05) is 0 Å². The van der Waals surface area contributed by atoms with E-state index in [1.807, 2.05) is 13.0 Å². The summed E-state index contributed by atoms with van der Waals surface area (Å²) in [7, 11) is 0. The van der Waals surface area contributed by atoms with Crippen LogP contribution in [-0.4, -0.2) is 24.0 Å². The number of hydrogen-bond acceptors (Lipinski definition) is 2. The first-order valence-electron chi connectivity index (χ1n) is 3.13. The Balaban J connectivity index is 3.63. The van der Waals surface area contributed by atoms with Crippen molar-refractivity contribution in [2.45, 2.75) is 13.3 Å². The Morgan fingerprint density at radius 2 is 2.40 bits per heavy atom. The average molecular weight is 141 g/mol. The standard InChI is InChI=1S/C6H11N3O/c1-2-9(6(8)10)5-3-4-7/h2-3,5H2,1H3,(H2,8,10). The number of rotatable bonds is 3. The van der Waals surface area contributed by atoms with Crippen molar-refractivity contribution in [2.75, 3.05) is 13.1 Å². The Morgan fingerprint density at radius 3 is 2.70 bits per heavy atom. The molecule has 0 saturated heterocycles. The van der Waals surface area contributed by atoms with Crippen molar-refractivity contribution in [3.63, 3.8) is 0 Å². The van der Waals surface area contributed by atoms with Crippen molar-refractivity contribution in [3.05, 3.63) is 0 Å². The third kappa shape index (κ3) is 2.92. The topological polar surface area (TPSA) is 70.1 Å². The van der Waals surface area contributed by atoms with Gasteiger partial charge in [-0.3, -0.25) is 0 Å². The van der Waals surface area contributed by atoms with Crippen LogP contribution in [0.4, 0.5) is 4.79 Å². The molecule has 56 valence electrons. The highest BCUT2D eigenvalue weighted by Crippen LogP contribution is 1.88. The molecular formula is C6H11N3O. The van der Waals surface area contributed by atoms with Crippen LogP contribution < -0.4 is 5.73 Å². The highest BCUT2D eigenvalue weighted by molar-refractivity contribution is 5.71. The first-order chi connectivity index (χ1) is 4.72. The van der Waals surface area contributed by atoms with E-state index in [9.17, 15) is 4.79 Å². The second kappa shape index (κ2) is 4.62. The minimum atomic E-state index is -0.460. The zero-order chi connectivity index (χ0) is 7.98. The zero-order valence-electron chi connectivity index (χ0n) is 6.00. The summed E-state index contributed by atoms with van der Waals surface area (Å²) in [5, 5.41) is 8.16. The lowest BCUT2D eigenvalue weighted by atomic mass is 10.4. The molecule has 0 rings (SSSR count). The fourth-order valence-electron chi connectivity index (χ4n) is 0.609. The van der Waals surface area contributed by atoms with Crippen LogP contribution in [0, 0.1) is 11.3 Å². The number of nitrogens with two attached hydrogens (primary N) is 1. The van der Waals surface area contributed by atoms with Gasteiger partial charge in [0, 0.05) is 13.1 Å².